The fraction of sp³-hybridized carbons (Fsp3) is 0.405. The topological polar surface area (TPSA) is 86.6 Å². The number of pyridine rings is 1. The summed E-state index contributed by atoms with van der Waals surface area (Å²) in [5, 5.41) is 3.85. The second-order valence-corrected chi connectivity index (χ2v) is 14.8. The molecule has 9 nitrogen and oxygen atoms in total. The first-order valence-electron chi connectivity index (χ1n) is 16.4. The first-order valence-corrected chi connectivity index (χ1v) is 17.6. The molecule has 1 N–H and O–H groups in total. The van der Waals surface area contributed by atoms with E-state index in [1.54, 1.807) is 11.2 Å². The number of benzene rings is 2. The highest BCUT2D eigenvalue weighted by atomic mass is 79.9. The summed E-state index contributed by atoms with van der Waals surface area (Å²) in [6.07, 6.45) is 9.12. The predicted molar refractivity (Wildman–Crippen MR) is 194 cm³/mol. The highest BCUT2D eigenvalue weighted by Gasteiger charge is 2.33. The molecule has 254 valence electrons. The lowest BCUT2D eigenvalue weighted by Crippen LogP contribution is -2.55. The molecule has 1 aliphatic carbocycles. The van der Waals surface area contributed by atoms with Crippen LogP contribution in [0.1, 0.15) is 60.5 Å². The van der Waals surface area contributed by atoms with E-state index in [1.165, 1.54) is 16.7 Å². The number of aromatic nitrogens is 3. The van der Waals surface area contributed by atoms with E-state index in [0.29, 0.717) is 26.2 Å². The Kier molecular flexibility index (Phi) is 11.9. The minimum atomic E-state index is -0.232. The fourth-order valence-electron chi connectivity index (χ4n) is 6.24. The zero-order chi connectivity index (χ0) is 34.3. The van der Waals surface area contributed by atoms with E-state index in [4.69, 9.17) is 16.6 Å². The van der Waals surface area contributed by atoms with Gasteiger partial charge in [-0.25, -0.2) is 9.78 Å². The van der Waals surface area contributed by atoms with Gasteiger partial charge in [0.05, 0.1) is 18.1 Å². The summed E-state index contributed by atoms with van der Waals surface area (Å²) >= 11 is 9.90. The number of carbonyl (C=O) groups excluding carboxylic acids is 2. The Morgan fingerprint density at radius 2 is 1.77 bits per heavy atom. The van der Waals surface area contributed by atoms with Gasteiger partial charge >= 0.3 is 6.03 Å². The van der Waals surface area contributed by atoms with Crippen LogP contribution in [-0.4, -0.2) is 79.9 Å². The maximum Gasteiger partial charge on any atom is 0.317 e. The van der Waals surface area contributed by atoms with Crippen molar-refractivity contribution in [2.75, 3.05) is 32.7 Å². The number of hydrogen-bond acceptors (Lipinski definition) is 5. The van der Waals surface area contributed by atoms with Crippen LogP contribution in [-0.2, 0) is 37.6 Å². The molecule has 1 fully saturated rings. The van der Waals surface area contributed by atoms with Gasteiger partial charge in [-0.2, -0.15) is 0 Å². The van der Waals surface area contributed by atoms with E-state index in [1.807, 2.05) is 86.1 Å². The average Bonchev–Trinajstić information content (AvgIpc) is 3.40. The van der Waals surface area contributed by atoms with Crippen LogP contribution in [0.25, 0.3) is 0 Å². The lowest BCUT2D eigenvalue weighted by atomic mass is 9.96. The molecule has 4 aromatic rings. The van der Waals surface area contributed by atoms with Gasteiger partial charge in [0, 0.05) is 85.9 Å². The smallest absolute Gasteiger partial charge is 0.317 e. The molecule has 2 aromatic heterocycles. The summed E-state index contributed by atoms with van der Waals surface area (Å²) in [5.41, 5.74) is 7.00. The highest BCUT2D eigenvalue weighted by Crippen LogP contribution is 2.38. The van der Waals surface area contributed by atoms with Gasteiger partial charge < -0.3 is 19.7 Å². The monoisotopic (exact) mass is 733 g/mol. The highest BCUT2D eigenvalue weighted by molar-refractivity contribution is 9.10. The van der Waals surface area contributed by atoms with Crippen molar-refractivity contribution in [3.63, 3.8) is 0 Å². The van der Waals surface area contributed by atoms with Crippen molar-refractivity contribution in [2.24, 2.45) is 7.05 Å². The maximum atomic E-state index is 12.6. The van der Waals surface area contributed by atoms with E-state index in [-0.39, 0.29) is 17.6 Å². The number of urea groups is 1. The van der Waals surface area contributed by atoms with Gasteiger partial charge in [-0.3, -0.25) is 14.7 Å². The quantitative estimate of drug-likeness (QED) is 0.221. The number of rotatable bonds is 7. The second-order valence-electron chi connectivity index (χ2n) is 13.5. The SMILES string of the molecule is CC(C)(C)NC(=O)N1CCN(C2c3ccc(Cl)cc3CCc3cc(Br)cnc32)CC1.Cn1cncc1CCN(C=O)Cc1ccccc1. The summed E-state index contributed by atoms with van der Waals surface area (Å²) in [5.74, 6) is 0. The number of aryl methyl sites for hydroxylation is 3. The first kappa shape index (κ1) is 35.6. The average molecular weight is 735 g/mol. The van der Waals surface area contributed by atoms with Crippen LogP contribution in [0.5, 0.6) is 0 Å². The molecule has 6 rings (SSSR count). The Labute approximate surface area is 297 Å². The van der Waals surface area contributed by atoms with Gasteiger partial charge in [-0.1, -0.05) is 48.0 Å². The number of hydrogen-bond donors (Lipinski definition) is 1. The molecule has 48 heavy (non-hydrogen) atoms. The molecule has 2 aliphatic rings. The van der Waals surface area contributed by atoms with Crippen molar-refractivity contribution in [1.82, 2.24) is 34.6 Å². The number of carbonyl (C=O) groups is 2. The van der Waals surface area contributed by atoms with E-state index >= 15 is 0 Å². The first-order chi connectivity index (χ1) is 23.0. The molecular formula is C37H45BrClN7O2. The molecule has 0 bridgehead atoms. The van der Waals surface area contributed by atoms with Crippen molar-refractivity contribution < 1.29 is 9.59 Å². The molecule has 0 spiro atoms. The normalized spacial score (nSPS) is 16.1. The molecule has 3 amide bonds. The van der Waals surface area contributed by atoms with E-state index in [2.05, 4.69) is 49.3 Å². The van der Waals surface area contributed by atoms with Crippen molar-refractivity contribution in [3.8, 4) is 0 Å². The van der Waals surface area contributed by atoms with Crippen molar-refractivity contribution in [3.05, 3.63) is 116 Å². The minimum Gasteiger partial charge on any atom is -0.341 e. The Balaban J connectivity index is 0.000000214. The molecule has 2 aromatic carbocycles. The van der Waals surface area contributed by atoms with Crippen LogP contribution in [0.3, 0.4) is 0 Å². The van der Waals surface area contributed by atoms with Crippen LogP contribution in [0.15, 0.2) is 77.8 Å². The van der Waals surface area contributed by atoms with E-state index in [0.717, 1.165) is 65.2 Å². The summed E-state index contributed by atoms with van der Waals surface area (Å²) < 4.78 is 2.98. The van der Waals surface area contributed by atoms with Gasteiger partial charge in [-0.15, -0.1) is 0 Å². The van der Waals surface area contributed by atoms with Crippen LogP contribution in [0.2, 0.25) is 5.02 Å². The number of nitrogens with zero attached hydrogens (tertiary/aromatic N) is 6. The largest absolute Gasteiger partial charge is 0.341 e. The number of amides is 3. The second kappa shape index (κ2) is 16.1. The number of nitrogens with one attached hydrogen (secondary N) is 1. The lowest BCUT2D eigenvalue weighted by molar-refractivity contribution is -0.118. The summed E-state index contributed by atoms with van der Waals surface area (Å²) in [6, 6.07) is 18.5. The Morgan fingerprint density at radius 3 is 2.44 bits per heavy atom. The van der Waals surface area contributed by atoms with Crippen LogP contribution >= 0.6 is 27.5 Å². The number of fused-ring (bicyclic) bond motifs is 2. The van der Waals surface area contributed by atoms with E-state index in [9.17, 15) is 9.59 Å². The van der Waals surface area contributed by atoms with Crippen molar-refractivity contribution >= 4 is 40.0 Å². The van der Waals surface area contributed by atoms with Gasteiger partial charge in [0.2, 0.25) is 6.41 Å². The van der Waals surface area contributed by atoms with Gasteiger partial charge in [0.15, 0.2) is 0 Å². The van der Waals surface area contributed by atoms with Gasteiger partial charge in [0.25, 0.3) is 0 Å². The van der Waals surface area contributed by atoms with E-state index < -0.39 is 0 Å². The van der Waals surface area contributed by atoms with Gasteiger partial charge in [0.1, 0.15) is 0 Å². The summed E-state index contributed by atoms with van der Waals surface area (Å²) in [4.78, 5) is 38.7. The predicted octanol–water partition coefficient (Wildman–Crippen LogP) is 6.43. The Morgan fingerprint density at radius 1 is 1.04 bits per heavy atom. The zero-order valence-electron chi connectivity index (χ0n) is 28.2. The van der Waals surface area contributed by atoms with Crippen molar-refractivity contribution in [1.29, 1.82) is 0 Å². The summed E-state index contributed by atoms with van der Waals surface area (Å²) in [7, 11) is 1.96. The molecule has 1 atom stereocenters. The fourth-order valence-corrected chi connectivity index (χ4v) is 6.81. The third-order valence-electron chi connectivity index (χ3n) is 8.69. The standard InChI is InChI=1S/C23H28BrClN4O.C14H17N3O/c1-23(2,3)27-22(30)29-10-8-28(9-11-29)21-19-7-6-18(25)13-15(19)4-5-16-12-17(24)14-26-20(16)21;1-16-11-15-9-14(16)7-8-17(12-18)10-13-5-3-2-4-6-13/h6-7,12-14,21H,4-5,8-11H2,1-3H3,(H,27,30);2-6,9,11-12H,7-8,10H2,1H3. The molecule has 11 heteroatoms. The molecule has 3 heterocycles. The molecule has 0 radical (unpaired) electrons. The van der Waals surface area contributed by atoms with Crippen LogP contribution < -0.4 is 5.32 Å². The van der Waals surface area contributed by atoms with Crippen LogP contribution in [0, 0.1) is 0 Å². The summed E-state index contributed by atoms with van der Waals surface area (Å²) in [6.45, 7) is 10.4. The molecular weight excluding hydrogens is 690 g/mol. The third-order valence-corrected chi connectivity index (χ3v) is 9.36. The Bertz CT molecular complexity index is 1630. The minimum absolute atomic E-state index is 0.0117. The molecule has 1 unspecified atom stereocenters. The third kappa shape index (κ3) is 9.45. The molecule has 1 aliphatic heterocycles. The van der Waals surface area contributed by atoms with Crippen LogP contribution in [0.4, 0.5) is 4.79 Å². The molecule has 0 saturated carbocycles. The zero-order valence-corrected chi connectivity index (χ0v) is 30.5. The Hall–Kier alpha value is -3.73. The maximum absolute atomic E-state index is 12.6. The number of halogens is 2. The van der Waals surface area contributed by atoms with Gasteiger partial charge in [-0.05, 0) is 90.0 Å². The number of imidazole rings is 1. The van der Waals surface area contributed by atoms with Crippen molar-refractivity contribution in [2.45, 2.75) is 58.2 Å². The lowest BCUT2D eigenvalue weighted by Gasteiger charge is -2.40. The molecule has 1 saturated heterocycles. The number of piperazine rings is 1.